The SMILES string of the molecule is OC(c1ccc(-c2cc(F)cc(F)c2)cc1)C1CCCC1. The van der Waals surface area contributed by atoms with Gasteiger partial charge in [-0.2, -0.15) is 0 Å². The van der Waals surface area contributed by atoms with Crippen LogP contribution in [0.3, 0.4) is 0 Å². The van der Waals surface area contributed by atoms with Crippen molar-refractivity contribution in [2.45, 2.75) is 31.8 Å². The Hall–Kier alpha value is -1.74. The zero-order chi connectivity index (χ0) is 14.8. The van der Waals surface area contributed by atoms with Gasteiger partial charge in [0, 0.05) is 6.07 Å². The van der Waals surface area contributed by atoms with Gasteiger partial charge in [-0.1, -0.05) is 37.1 Å². The predicted molar refractivity (Wildman–Crippen MR) is 78.7 cm³/mol. The summed E-state index contributed by atoms with van der Waals surface area (Å²) in [6, 6.07) is 10.8. The summed E-state index contributed by atoms with van der Waals surface area (Å²) in [4.78, 5) is 0. The molecule has 0 radical (unpaired) electrons. The summed E-state index contributed by atoms with van der Waals surface area (Å²) in [6.45, 7) is 0. The maximum absolute atomic E-state index is 13.2. The van der Waals surface area contributed by atoms with Crippen LogP contribution < -0.4 is 0 Å². The summed E-state index contributed by atoms with van der Waals surface area (Å²) in [6.07, 6.45) is 4.06. The molecule has 1 unspecified atom stereocenters. The molecule has 1 atom stereocenters. The second kappa shape index (κ2) is 5.94. The molecule has 1 saturated carbocycles. The molecule has 21 heavy (non-hydrogen) atoms. The minimum Gasteiger partial charge on any atom is -0.388 e. The highest BCUT2D eigenvalue weighted by atomic mass is 19.1. The molecular formula is C18H18F2O. The fraction of sp³-hybridized carbons (Fsp3) is 0.333. The first kappa shape index (κ1) is 14.2. The Bertz CT molecular complexity index is 595. The maximum Gasteiger partial charge on any atom is 0.126 e. The Balaban J connectivity index is 1.83. The zero-order valence-electron chi connectivity index (χ0n) is 11.7. The van der Waals surface area contributed by atoms with E-state index in [9.17, 15) is 13.9 Å². The second-order valence-electron chi connectivity index (χ2n) is 5.77. The van der Waals surface area contributed by atoms with Crippen LogP contribution in [0.25, 0.3) is 11.1 Å². The van der Waals surface area contributed by atoms with Gasteiger partial charge in [0.05, 0.1) is 6.10 Å². The van der Waals surface area contributed by atoms with Gasteiger partial charge in [0.2, 0.25) is 0 Å². The number of benzene rings is 2. The number of hydrogen-bond acceptors (Lipinski definition) is 1. The molecule has 0 spiro atoms. The molecule has 110 valence electrons. The lowest BCUT2D eigenvalue weighted by Gasteiger charge is -2.18. The molecule has 3 heteroatoms. The topological polar surface area (TPSA) is 20.2 Å². The first-order valence-electron chi connectivity index (χ1n) is 7.38. The van der Waals surface area contributed by atoms with Gasteiger partial charge in [-0.25, -0.2) is 8.78 Å². The molecule has 1 N–H and O–H groups in total. The van der Waals surface area contributed by atoms with E-state index < -0.39 is 17.7 Å². The third kappa shape index (κ3) is 3.13. The maximum atomic E-state index is 13.2. The second-order valence-corrected chi connectivity index (χ2v) is 5.77. The van der Waals surface area contributed by atoms with Crippen molar-refractivity contribution in [3.05, 3.63) is 59.7 Å². The van der Waals surface area contributed by atoms with E-state index in [1.807, 2.05) is 24.3 Å². The molecule has 0 aromatic heterocycles. The van der Waals surface area contributed by atoms with Crippen molar-refractivity contribution in [3.8, 4) is 11.1 Å². The predicted octanol–water partition coefficient (Wildman–Crippen LogP) is 4.86. The van der Waals surface area contributed by atoms with Crippen molar-refractivity contribution < 1.29 is 13.9 Å². The van der Waals surface area contributed by atoms with Crippen LogP contribution in [0.15, 0.2) is 42.5 Å². The van der Waals surface area contributed by atoms with Crippen LogP contribution >= 0.6 is 0 Å². The van der Waals surface area contributed by atoms with Crippen LogP contribution in [0.4, 0.5) is 8.78 Å². The molecule has 0 amide bonds. The van der Waals surface area contributed by atoms with Gasteiger partial charge in [0.25, 0.3) is 0 Å². The van der Waals surface area contributed by atoms with E-state index in [1.165, 1.54) is 25.0 Å². The number of rotatable bonds is 3. The molecule has 0 aliphatic heterocycles. The summed E-state index contributed by atoms with van der Waals surface area (Å²) < 4.78 is 26.5. The van der Waals surface area contributed by atoms with Crippen LogP contribution in [-0.4, -0.2) is 5.11 Å². The molecule has 2 aromatic carbocycles. The summed E-state index contributed by atoms with van der Waals surface area (Å²) in [5.41, 5.74) is 2.13. The summed E-state index contributed by atoms with van der Waals surface area (Å²) in [5, 5.41) is 10.3. The fourth-order valence-corrected chi connectivity index (χ4v) is 3.14. The van der Waals surface area contributed by atoms with Gasteiger partial charge < -0.3 is 5.11 Å². The van der Waals surface area contributed by atoms with Gasteiger partial charge in [-0.05, 0) is 47.6 Å². The summed E-state index contributed by atoms with van der Waals surface area (Å²) in [7, 11) is 0. The number of aliphatic hydroxyl groups excluding tert-OH is 1. The minimum absolute atomic E-state index is 0.336. The van der Waals surface area contributed by atoms with Gasteiger partial charge >= 0.3 is 0 Å². The molecule has 2 aromatic rings. The largest absolute Gasteiger partial charge is 0.388 e. The lowest BCUT2D eigenvalue weighted by molar-refractivity contribution is 0.111. The van der Waals surface area contributed by atoms with Crippen LogP contribution in [0.2, 0.25) is 0 Å². The molecule has 1 fully saturated rings. The highest BCUT2D eigenvalue weighted by molar-refractivity contribution is 5.63. The van der Waals surface area contributed by atoms with E-state index in [-0.39, 0.29) is 0 Å². The van der Waals surface area contributed by atoms with Crippen molar-refractivity contribution in [2.75, 3.05) is 0 Å². The van der Waals surface area contributed by atoms with Crippen molar-refractivity contribution in [1.82, 2.24) is 0 Å². The summed E-state index contributed by atoms with van der Waals surface area (Å²) in [5.74, 6) is -0.831. The average molecular weight is 288 g/mol. The van der Waals surface area contributed by atoms with E-state index in [4.69, 9.17) is 0 Å². The van der Waals surface area contributed by atoms with Gasteiger partial charge in [0.1, 0.15) is 11.6 Å². The smallest absolute Gasteiger partial charge is 0.126 e. The normalized spacial score (nSPS) is 17.1. The van der Waals surface area contributed by atoms with Crippen molar-refractivity contribution in [3.63, 3.8) is 0 Å². The number of hydrogen-bond donors (Lipinski definition) is 1. The molecule has 3 rings (SSSR count). The highest BCUT2D eigenvalue weighted by Crippen LogP contribution is 2.36. The Labute approximate surface area is 123 Å². The van der Waals surface area contributed by atoms with E-state index in [0.717, 1.165) is 30.0 Å². The highest BCUT2D eigenvalue weighted by Gasteiger charge is 2.24. The molecule has 1 aliphatic carbocycles. The quantitative estimate of drug-likeness (QED) is 0.855. The van der Waals surface area contributed by atoms with Gasteiger partial charge in [-0.3, -0.25) is 0 Å². The minimum atomic E-state index is -0.583. The van der Waals surface area contributed by atoms with Crippen LogP contribution in [0, 0.1) is 17.6 Å². The molecular weight excluding hydrogens is 270 g/mol. The lowest BCUT2D eigenvalue weighted by Crippen LogP contribution is -2.08. The molecule has 0 heterocycles. The molecule has 1 aliphatic rings. The Morgan fingerprint density at radius 1 is 0.857 bits per heavy atom. The average Bonchev–Trinajstić information content (AvgIpc) is 3.00. The molecule has 0 bridgehead atoms. The third-order valence-corrected chi connectivity index (χ3v) is 4.29. The van der Waals surface area contributed by atoms with Crippen LogP contribution in [0.5, 0.6) is 0 Å². The Morgan fingerprint density at radius 2 is 1.43 bits per heavy atom. The standard InChI is InChI=1S/C18H18F2O/c19-16-9-15(10-17(20)11-16)12-5-7-14(8-6-12)18(21)13-3-1-2-4-13/h5-11,13,18,21H,1-4H2. The van der Waals surface area contributed by atoms with Crippen LogP contribution in [0.1, 0.15) is 37.4 Å². The number of aliphatic hydroxyl groups is 1. The molecule has 1 nitrogen and oxygen atoms in total. The van der Waals surface area contributed by atoms with Crippen molar-refractivity contribution >= 4 is 0 Å². The van der Waals surface area contributed by atoms with Gasteiger partial charge in [-0.15, -0.1) is 0 Å². The summed E-state index contributed by atoms with van der Waals surface area (Å²) >= 11 is 0. The first-order valence-corrected chi connectivity index (χ1v) is 7.38. The third-order valence-electron chi connectivity index (χ3n) is 4.29. The zero-order valence-corrected chi connectivity index (χ0v) is 11.7. The van der Waals surface area contributed by atoms with Crippen molar-refractivity contribution in [1.29, 1.82) is 0 Å². The van der Waals surface area contributed by atoms with E-state index >= 15 is 0 Å². The van der Waals surface area contributed by atoms with E-state index in [2.05, 4.69) is 0 Å². The monoisotopic (exact) mass is 288 g/mol. The van der Waals surface area contributed by atoms with E-state index in [0.29, 0.717) is 11.5 Å². The van der Waals surface area contributed by atoms with Crippen molar-refractivity contribution in [2.24, 2.45) is 5.92 Å². The molecule has 0 saturated heterocycles. The number of halogens is 2. The first-order chi connectivity index (χ1) is 10.1. The van der Waals surface area contributed by atoms with Gasteiger partial charge in [0.15, 0.2) is 0 Å². The van der Waals surface area contributed by atoms with E-state index in [1.54, 1.807) is 0 Å². The fourth-order valence-electron chi connectivity index (χ4n) is 3.14. The Kier molecular flexibility index (Phi) is 4.02. The lowest BCUT2D eigenvalue weighted by atomic mass is 9.93. The van der Waals surface area contributed by atoms with Crippen LogP contribution in [-0.2, 0) is 0 Å². The Morgan fingerprint density at radius 3 is 2.00 bits per heavy atom.